The molecule has 45 heavy (non-hydrogen) atoms. The monoisotopic (exact) mass is 631 g/mol. The first-order valence-corrected chi connectivity index (χ1v) is 14.9. The number of carbonyl (C=O) groups excluding carboxylic acids is 2. The molecule has 0 saturated heterocycles. The standard InChI is InChI=1S/C33H31F2N5O4S/c1-40(25-7-4-23(34)5-8-25)32(42)17-31(41)39-24-6-10-28(26(35)16-24)44-29-11-12-36-20-22-15-30(45-33(22)29)27-9-3-21(19-38-27)18-37-13-14-43-2/h3-12,15-16,19,37H,13-14,17-18,20H2,1-2H3,(H,39,41). The van der Waals surface area contributed by atoms with Crippen LogP contribution >= 0.6 is 11.3 Å². The first kappa shape index (κ1) is 31.6. The van der Waals surface area contributed by atoms with Gasteiger partial charge in [-0.3, -0.25) is 19.6 Å². The molecule has 0 radical (unpaired) electrons. The topological polar surface area (TPSA) is 105 Å². The Morgan fingerprint density at radius 1 is 1.07 bits per heavy atom. The van der Waals surface area contributed by atoms with Crippen LogP contribution in [0, 0.1) is 11.6 Å². The summed E-state index contributed by atoms with van der Waals surface area (Å²) in [4.78, 5) is 37.0. The minimum Gasteiger partial charge on any atom is -0.453 e. The van der Waals surface area contributed by atoms with Crippen molar-refractivity contribution in [3.63, 3.8) is 0 Å². The van der Waals surface area contributed by atoms with Crippen molar-refractivity contribution in [3.05, 3.63) is 101 Å². The lowest BCUT2D eigenvalue weighted by atomic mass is 10.2. The lowest BCUT2D eigenvalue weighted by Crippen LogP contribution is -2.30. The molecule has 5 rings (SSSR count). The lowest BCUT2D eigenvalue weighted by Gasteiger charge is -2.17. The SMILES string of the molecule is COCCNCc1ccc(-c2cc3c(s2)C(Oc2ccc(NC(=O)CC(=O)N(C)c4ccc(F)cc4)cc2F)=CC=NC3)nc1. The lowest BCUT2D eigenvalue weighted by molar-refractivity contribution is -0.125. The van der Waals surface area contributed by atoms with Gasteiger partial charge in [0, 0.05) is 63.2 Å². The van der Waals surface area contributed by atoms with E-state index in [0.29, 0.717) is 31.1 Å². The molecule has 0 fully saturated rings. The average molecular weight is 632 g/mol. The molecule has 232 valence electrons. The van der Waals surface area contributed by atoms with Gasteiger partial charge in [-0.05, 0) is 59.7 Å². The van der Waals surface area contributed by atoms with Crippen LogP contribution in [0.1, 0.15) is 22.4 Å². The fourth-order valence-electron chi connectivity index (χ4n) is 4.44. The van der Waals surface area contributed by atoms with Crippen LogP contribution in [-0.2, 0) is 27.4 Å². The normalized spacial score (nSPS) is 12.2. The molecule has 0 saturated carbocycles. The van der Waals surface area contributed by atoms with Crippen molar-refractivity contribution in [1.29, 1.82) is 0 Å². The Balaban J connectivity index is 1.22. The Bertz CT molecular complexity index is 1720. The van der Waals surface area contributed by atoms with Gasteiger partial charge in [0.1, 0.15) is 18.0 Å². The third-order valence-corrected chi connectivity index (χ3v) is 8.06. The third-order valence-electron chi connectivity index (χ3n) is 6.85. The van der Waals surface area contributed by atoms with Crippen LogP contribution in [0.15, 0.2) is 77.9 Å². The van der Waals surface area contributed by atoms with Gasteiger partial charge in [-0.1, -0.05) is 6.07 Å². The number of pyridine rings is 1. The molecular weight excluding hydrogens is 600 g/mol. The smallest absolute Gasteiger partial charge is 0.236 e. The second-order valence-corrected chi connectivity index (χ2v) is 11.2. The molecular formula is C33H31F2N5O4S. The molecule has 2 amide bonds. The van der Waals surface area contributed by atoms with Crippen molar-refractivity contribution >= 4 is 46.5 Å². The van der Waals surface area contributed by atoms with Gasteiger partial charge in [0.2, 0.25) is 11.8 Å². The number of thiophene rings is 1. The van der Waals surface area contributed by atoms with Gasteiger partial charge in [0.25, 0.3) is 0 Å². The number of methoxy groups -OCH3 is 1. The third kappa shape index (κ3) is 8.24. The summed E-state index contributed by atoms with van der Waals surface area (Å²) in [5.41, 5.74) is 3.41. The van der Waals surface area contributed by atoms with Gasteiger partial charge in [0.15, 0.2) is 11.6 Å². The molecule has 2 aromatic heterocycles. The fourth-order valence-corrected chi connectivity index (χ4v) is 5.55. The van der Waals surface area contributed by atoms with E-state index in [-0.39, 0.29) is 11.4 Å². The molecule has 0 bridgehead atoms. The van der Waals surface area contributed by atoms with Gasteiger partial charge in [-0.2, -0.15) is 0 Å². The molecule has 2 aromatic carbocycles. The predicted molar refractivity (Wildman–Crippen MR) is 171 cm³/mol. The number of allylic oxidation sites excluding steroid dienone is 1. The molecule has 2 N–H and O–H groups in total. The molecule has 12 heteroatoms. The van der Waals surface area contributed by atoms with E-state index in [0.717, 1.165) is 39.2 Å². The van der Waals surface area contributed by atoms with E-state index < -0.39 is 29.9 Å². The second-order valence-electron chi connectivity index (χ2n) is 10.1. The summed E-state index contributed by atoms with van der Waals surface area (Å²) in [5.74, 6) is -1.85. The van der Waals surface area contributed by atoms with Crippen molar-refractivity contribution in [2.45, 2.75) is 19.5 Å². The average Bonchev–Trinajstić information content (AvgIpc) is 3.37. The van der Waals surface area contributed by atoms with Crippen LogP contribution in [-0.4, -0.2) is 50.3 Å². The number of carbonyl (C=O) groups is 2. The van der Waals surface area contributed by atoms with Gasteiger partial charge >= 0.3 is 0 Å². The van der Waals surface area contributed by atoms with Gasteiger partial charge in [-0.15, -0.1) is 11.3 Å². The summed E-state index contributed by atoms with van der Waals surface area (Å²) < 4.78 is 39.4. The van der Waals surface area contributed by atoms with E-state index in [2.05, 4.69) is 20.6 Å². The highest BCUT2D eigenvalue weighted by Gasteiger charge is 2.20. The number of benzene rings is 2. The zero-order chi connectivity index (χ0) is 31.8. The van der Waals surface area contributed by atoms with Crippen LogP contribution in [0.5, 0.6) is 5.75 Å². The number of aromatic nitrogens is 1. The van der Waals surface area contributed by atoms with Crippen LogP contribution in [0.25, 0.3) is 16.3 Å². The van der Waals surface area contributed by atoms with Gasteiger partial charge < -0.3 is 25.0 Å². The minimum atomic E-state index is -0.695. The molecule has 9 nitrogen and oxygen atoms in total. The molecule has 3 heterocycles. The van der Waals surface area contributed by atoms with E-state index in [1.54, 1.807) is 19.4 Å². The summed E-state index contributed by atoms with van der Waals surface area (Å²) in [5, 5.41) is 5.83. The van der Waals surface area contributed by atoms with Gasteiger partial charge in [-0.25, -0.2) is 8.78 Å². The molecule has 0 atom stereocenters. The number of halogens is 2. The summed E-state index contributed by atoms with van der Waals surface area (Å²) in [6, 6.07) is 15.4. The first-order chi connectivity index (χ1) is 21.8. The number of nitrogens with zero attached hydrogens (tertiary/aromatic N) is 3. The number of rotatable bonds is 12. The van der Waals surface area contributed by atoms with E-state index in [4.69, 9.17) is 9.47 Å². The van der Waals surface area contributed by atoms with Crippen molar-refractivity contribution in [3.8, 4) is 16.3 Å². The van der Waals surface area contributed by atoms with Crippen LogP contribution in [0.4, 0.5) is 20.2 Å². The van der Waals surface area contributed by atoms with Crippen molar-refractivity contribution in [1.82, 2.24) is 10.3 Å². The molecule has 1 aliphatic rings. The fraction of sp³-hybridized carbons (Fsp3) is 0.212. The molecule has 1 aliphatic heterocycles. The minimum absolute atomic E-state index is 0.0361. The number of aliphatic imine (C=N–C) groups is 1. The highest BCUT2D eigenvalue weighted by atomic mass is 32.1. The number of fused-ring (bicyclic) bond motifs is 1. The maximum Gasteiger partial charge on any atom is 0.236 e. The Hall–Kier alpha value is -4.78. The van der Waals surface area contributed by atoms with E-state index in [1.807, 2.05) is 24.4 Å². The zero-order valence-corrected chi connectivity index (χ0v) is 25.5. The van der Waals surface area contributed by atoms with Crippen molar-refractivity contribution in [2.24, 2.45) is 4.99 Å². The number of hydrogen-bond acceptors (Lipinski definition) is 8. The highest BCUT2D eigenvalue weighted by Crippen LogP contribution is 2.38. The summed E-state index contributed by atoms with van der Waals surface area (Å²) in [7, 11) is 3.15. The van der Waals surface area contributed by atoms with Crippen molar-refractivity contribution in [2.75, 3.05) is 37.5 Å². The second kappa shape index (κ2) is 14.8. The number of ether oxygens (including phenoxy) is 2. The summed E-state index contributed by atoms with van der Waals surface area (Å²) >= 11 is 1.48. The maximum absolute atomic E-state index is 15.2. The van der Waals surface area contributed by atoms with Crippen LogP contribution in [0.2, 0.25) is 0 Å². The number of nitrogens with one attached hydrogen (secondary N) is 2. The van der Waals surface area contributed by atoms with E-state index in [1.165, 1.54) is 59.7 Å². The predicted octanol–water partition coefficient (Wildman–Crippen LogP) is 5.82. The highest BCUT2D eigenvalue weighted by molar-refractivity contribution is 7.16. The van der Waals surface area contributed by atoms with E-state index in [9.17, 15) is 14.0 Å². The Kier molecular flexibility index (Phi) is 10.4. The molecule has 0 aliphatic carbocycles. The zero-order valence-electron chi connectivity index (χ0n) is 24.7. The van der Waals surface area contributed by atoms with E-state index >= 15 is 4.39 Å². The summed E-state index contributed by atoms with van der Waals surface area (Å²) in [6.07, 6.45) is 4.66. The van der Waals surface area contributed by atoms with Crippen LogP contribution in [0.3, 0.4) is 0 Å². The number of anilines is 2. The molecule has 0 unspecified atom stereocenters. The van der Waals surface area contributed by atoms with Gasteiger partial charge in [0.05, 0.1) is 28.6 Å². The number of hydrogen-bond donors (Lipinski definition) is 2. The Morgan fingerprint density at radius 2 is 1.89 bits per heavy atom. The largest absolute Gasteiger partial charge is 0.453 e. The summed E-state index contributed by atoms with van der Waals surface area (Å²) in [6.45, 7) is 2.52. The first-order valence-electron chi connectivity index (χ1n) is 14.1. The molecule has 0 spiro atoms. The number of amides is 2. The Labute approximate surface area is 263 Å². The Morgan fingerprint density at radius 3 is 2.62 bits per heavy atom. The molecule has 4 aromatic rings. The van der Waals surface area contributed by atoms with Crippen molar-refractivity contribution < 1.29 is 27.8 Å². The van der Waals surface area contributed by atoms with Crippen LogP contribution < -0.4 is 20.3 Å². The quantitative estimate of drug-likeness (QED) is 0.151. The maximum atomic E-state index is 15.2.